The fourth-order valence-electron chi connectivity index (χ4n) is 3.60. The van der Waals surface area contributed by atoms with Crippen LogP contribution in [0.2, 0.25) is 0 Å². The van der Waals surface area contributed by atoms with Crippen molar-refractivity contribution >= 4 is 33.9 Å². The molecule has 2 N–H and O–H groups in total. The number of nitrogens with zero attached hydrogens (tertiary/aromatic N) is 3. The van der Waals surface area contributed by atoms with E-state index in [-0.39, 0.29) is 17.1 Å². The number of hydrogen-bond donors (Lipinski definition) is 2. The first-order valence-corrected chi connectivity index (χ1v) is 9.88. The molecular weight excluding hydrogens is 428 g/mol. The number of anilines is 1. The normalized spacial score (nSPS) is 10.8. The SMILES string of the molecule is O=C(O)c1cc2cc(N(Cc3ccc([N+](=O)[O-])cc3)Cc3cccc([N+](=O)[O-])c3)ccc2[nH]1. The third kappa shape index (κ3) is 4.79. The van der Waals surface area contributed by atoms with Crippen LogP contribution in [0.1, 0.15) is 21.6 Å². The number of nitrogens with one attached hydrogen (secondary N) is 1. The van der Waals surface area contributed by atoms with Crippen molar-refractivity contribution in [3.8, 4) is 0 Å². The number of non-ortho nitro benzene ring substituents is 2. The van der Waals surface area contributed by atoms with E-state index in [1.165, 1.54) is 24.3 Å². The van der Waals surface area contributed by atoms with Crippen molar-refractivity contribution in [2.24, 2.45) is 0 Å². The minimum atomic E-state index is -1.06. The number of aromatic nitrogens is 1. The van der Waals surface area contributed by atoms with Crippen molar-refractivity contribution in [2.45, 2.75) is 13.1 Å². The molecule has 0 saturated heterocycles. The molecule has 1 heterocycles. The first-order chi connectivity index (χ1) is 15.8. The molecule has 0 radical (unpaired) electrons. The second-order valence-electron chi connectivity index (χ2n) is 7.47. The van der Waals surface area contributed by atoms with Gasteiger partial charge in [0, 0.05) is 53.9 Å². The van der Waals surface area contributed by atoms with E-state index < -0.39 is 15.8 Å². The predicted molar refractivity (Wildman–Crippen MR) is 121 cm³/mol. The highest BCUT2D eigenvalue weighted by Crippen LogP contribution is 2.27. The molecule has 0 aliphatic rings. The number of rotatable bonds is 8. The van der Waals surface area contributed by atoms with Crippen LogP contribution < -0.4 is 4.90 Å². The quantitative estimate of drug-likeness (QED) is 0.290. The maximum absolute atomic E-state index is 11.3. The summed E-state index contributed by atoms with van der Waals surface area (Å²) in [4.78, 5) is 37.3. The summed E-state index contributed by atoms with van der Waals surface area (Å²) in [5.74, 6) is -1.06. The molecule has 10 nitrogen and oxygen atoms in total. The molecule has 0 aliphatic heterocycles. The van der Waals surface area contributed by atoms with Crippen molar-refractivity contribution < 1.29 is 19.7 Å². The van der Waals surface area contributed by atoms with Crippen LogP contribution in [0.5, 0.6) is 0 Å². The highest BCUT2D eigenvalue weighted by molar-refractivity contribution is 5.94. The fourth-order valence-corrected chi connectivity index (χ4v) is 3.60. The summed E-state index contributed by atoms with van der Waals surface area (Å²) >= 11 is 0. The lowest BCUT2D eigenvalue weighted by Crippen LogP contribution is -2.22. The van der Waals surface area contributed by atoms with Crippen molar-refractivity contribution in [1.29, 1.82) is 0 Å². The highest BCUT2D eigenvalue weighted by atomic mass is 16.6. The third-order valence-corrected chi connectivity index (χ3v) is 5.22. The zero-order valence-electron chi connectivity index (χ0n) is 17.2. The van der Waals surface area contributed by atoms with Crippen molar-refractivity contribution in [2.75, 3.05) is 4.90 Å². The van der Waals surface area contributed by atoms with Gasteiger partial charge in [-0.3, -0.25) is 20.2 Å². The van der Waals surface area contributed by atoms with Gasteiger partial charge in [-0.15, -0.1) is 0 Å². The minimum Gasteiger partial charge on any atom is -0.477 e. The van der Waals surface area contributed by atoms with Gasteiger partial charge in [-0.05, 0) is 35.4 Å². The Morgan fingerprint density at radius 1 is 0.848 bits per heavy atom. The summed E-state index contributed by atoms with van der Waals surface area (Å²) in [6.07, 6.45) is 0. The van der Waals surface area contributed by atoms with Crippen LogP contribution >= 0.6 is 0 Å². The lowest BCUT2D eigenvalue weighted by atomic mass is 10.1. The molecule has 0 unspecified atom stereocenters. The van der Waals surface area contributed by atoms with Crippen LogP contribution in [-0.2, 0) is 13.1 Å². The number of carboxylic acid groups (broad SMARTS) is 1. The molecule has 0 aliphatic carbocycles. The van der Waals surface area contributed by atoms with E-state index in [0.717, 1.165) is 11.3 Å². The van der Waals surface area contributed by atoms with Crippen LogP contribution in [-0.4, -0.2) is 25.9 Å². The molecule has 0 spiro atoms. The van der Waals surface area contributed by atoms with Crippen LogP contribution in [0.25, 0.3) is 10.9 Å². The number of carbonyl (C=O) groups is 1. The maximum Gasteiger partial charge on any atom is 0.352 e. The van der Waals surface area contributed by atoms with Gasteiger partial charge in [0.2, 0.25) is 0 Å². The summed E-state index contributed by atoms with van der Waals surface area (Å²) in [5.41, 5.74) is 3.00. The highest BCUT2D eigenvalue weighted by Gasteiger charge is 2.15. The van der Waals surface area contributed by atoms with Crippen molar-refractivity contribution in [3.05, 3.63) is 110 Å². The van der Waals surface area contributed by atoms with Gasteiger partial charge in [0.05, 0.1) is 9.85 Å². The van der Waals surface area contributed by atoms with Gasteiger partial charge in [0.15, 0.2) is 0 Å². The van der Waals surface area contributed by atoms with E-state index in [1.54, 1.807) is 36.4 Å². The Bertz CT molecular complexity index is 1360. The van der Waals surface area contributed by atoms with E-state index in [2.05, 4.69) is 4.98 Å². The summed E-state index contributed by atoms with van der Waals surface area (Å²) < 4.78 is 0. The fraction of sp³-hybridized carbons (Fsp3) is 0.0870. The van der Waals surface area contributed by atoms with Gasteiger partial charge in [-0.2, -0.15) is 0 Å². The van der Waals surface area contributed by atoms with E-state index in [9.17, 15) is 30.1 Å². The smallest absolute Gasteiger partial charge is 0.352 e. The number of aromatic amines is 1. The first-order valence-electron chi connectivity index (χ1n) is 9.88. The number of nitro groups is 2. The number of fused-ring (bicyclic) bond motifs is 1. The van der Waals surface area contributed by atoms with E-state index in [0.29, 0.717) is 29.6 Å². The largest absolute Gasteiger partial charge is 0.477 e. The molecule has 0 saturated carbocycles. The average Bonchev–Trinajstić information content (AvgIpc) is 3.23. The molecule has 0 bridgehead atoms. The zero-order valence-corrected chi connectivity index (χ0v) is 17.2. The summed E-state index contributed by atoms with van der Waals surface area (Å²) in [7, 11) is 0. The molecule has 33 heavy (non-hydrogen) atoms. The van der Waals surface area contributed by atoms with Crippen LogP contribution in [0.15, 0.2) is 72.8 Å². The van der Waals surface area contributed by atoms with Crippen LogP contribution in [0, 0.1) is 20.2 Å². The van der Waals surface area contributed by atoms with Crippen molar-refractivity contribution in [1.82, 2.24) is 4.98 Å². The Kier molecular flexibility index (Phi) is 5.73. The van der Waals surface area contributed by atoms with Gasteiger partial charge in [0.1, 0.15) is 5.69 Å². The Balaban J connectivity index is 1.70. The topological polar surface area (TPSA) is 143 Å². The van der Waals surface area contributed by atoms with Crippen LogP contribution in [0.4, 0.5) is 17.1 Å². The number of benzene rings is 3. The average molecular weight is 446 g/mol. The summed E-state index contributed by atoms with van der Waals surface area (Å²) in [6.45, 7) is 0.711. The summed E-state index contributed by atoms with van der Waals surface area (Å²) in [6, 6.07) is 19.5. The molecule has 10 heteroatoms. The molecule has 4 rings (SSSR count). The van der Waals surface area contributed by atoms with Gasteiger partial charge in [-0.25, -0.2) is 4.79 Å². The lowest BCUT2D eigenvalue weighted by Gasteiger charge is -2.25. The van der Waals surface area contributed by atoms with Crippen LogP contribution in [0.3, 0.4) is 0 Å². The monoisotopic (exact) mass is 446 g/mol. The van der Waals surface area contributed by atoms with Gasteiger partial charge in [0.25, 0.3) is 11.4 Å². The zero-order chi connectivity index (χ0) is 23.5. The van der Waals surface area contributed by atoms with Crippen molar-refractivity contribution in [3.63, 3.8) is 0 Å². The Labute approximate surface area is 187 Å². The van der Waals surface area contributed by atoms with Gasteiger partial charge >= 0.3 is 5.97 Å². The molecule has 166 valence electrons. The standard InChI is InChI=1S/C23H18N4O6/c28-23(29)22-12-17-11-19(8-9-21(17)24-22)25(13-15-4-6-18(7-5-15)26(30)31)14-16-2-1-3-20(10-16)27(32)33/h1-12,24H,13-14H2,(H,28,29). The predicted octanol–water partition coefficient (Wildman–Crippen LogP) is 4.89. The van der Waals surface area contributed by atoms with Gasteiger partial charge in [-0.1, -0.05) is 24.3 Å². The molecule has 3 aromatic carbocycles. The number of nitro benzene ring substituents is 2. The van der Waals surface area contributed by atoms with E-state index >= 15 is 0 Å². The number of H-pyrrole nitrogens is 1. The lowest BCUT2D eigenvalue weighted by molar-refractivity contribution is -0.385. The molecule has 0 amide bonds. The maximum atomic E-state index is 11.3. The molecule has 4 aromatic rings. The number of aromatic carboxylic acids is 1. The molecular formula is C23H18N4O6. The molecule has 0 fully saturated rings. The number of carboxylic acids is 1. The Morgan fingerprint density at radius 3 is 2.21 bits per heavy atom. The van der Waals surface area contributed by atoms with E-state index in [1.807, 2.05) is 17.0 Å². The minimum absolute atomic E-state index is 0.0149. The summed E-state index contributed by atoms with van der Waals surface area (Å²) in [5, 5.41) is 32.1. The van der Waals surface area contributed by atoms with E-state index in [4.69, 9.17) is 0 Å². The second-order valence-corrected chi connectivity index (χ2v) is 7.47. The van der Waals surface area contributed by atoms with Gasteiger partial charge < -0.3 is 15.0 Å². The Morgan fingerprint density at radius 2 is 1.55 bits per heavy atom. The number of hydrogen-bond acceptors (Lipinski definition) is 6. The third-order valence-electron chi connectivity index (χ3n) is 5.22. The first kappa shape index (κ1) is 21.5. The Hall–Kier alpha value is -4.73. The molecule has 0 atom stereocenters. The second kappa shape index (κ2) is 8.79. The molecule has 1 aromatic heterocycles.